The Bertz CT molecular complexity index is 181. The van der Waals surface area contributed by atoms with E-state index in [0.717, 1.165) is 24.2 Å². The number of nitriles is 1. The number of thiocyanates is 1. The number of nitrogens with zero attached hydrogens (tertiary/aromatic N) is 1. The Morgan fingerprint density at radius 1 is 1.73 bits per heavy atom. The van der Waals surface area contributed by atoms with Crippen molar-refractivity contribution < 1.29 is 0 Å². The van der Waals surface area contributed by atoms with Gasteiger partial charge in [0.25, 0.3) is 0 Å². The summed E-state index contributed by atoms with van der Waals surface area (Å²) in [4.78, 5) is 0. The van der Waals surface area contributed by atoms with Gasteiger partial charge in [-0.2, -0.15) is 5.26 Å². The molecule has 0 aromatic carbocycles. The monoisotopic (exact) mass is 169 g/mol. The lowest BCUT2D eigenvalue weighted by atomic mass is 9.86. The van der Waals surface area contributed by atoms with Gasteiger partial charge in [-0.05, 0) is 18.8 Å². The van der Waals surface area contributed by atoms with Crippen LogP contribution in [0.3, 0.4) is 0 Å². The molecule has 0 heterocycles. The molecular formula is C7H11N3S. The molecule has 0 aliphatic heterocycles. The zero-order chi connectivity index (χ0) is 8.10. The summed E-state index contributed by atoms with van der Waals surface area (Å²) in [5, 5.41) is 20.5. The molecule has 1 aliphatic rings. The maximum absolute atomic E-state index is 8.21. The quantitative estimate of drug-likeness (QED) is 0.374. The minimum atomic E-state index is 0.277. The molecule has 0 unspecified atom stereocenters. The highest BCUT2D eigenvalue weighted by Crippen LogP contribution is 2.25. The molecular weight excluding hydrogens is 158 g/mol. The molecule has 0 aromatic heterocycles. The van der Waals surface area contributed by atoms with Crippen LogP contribution >= 0.6 is 11.8 Å². The Balaban J connectivity index is 2.02. The van der Waals surface area contributed by atoms with Crippen LogP contribution < -0.4 is 5.32 Å². The lowest BCUT2D eigenvalue weighted by Gasteiger charge is -2.25. The van der Waals surface area contributed by atoms with Gasteiger partial charge in [0, 0.05) is 18.3 Å². The average Bonchev–Trinajstić information content (AvgIpc) is 1.85. The summed E-state index contributed by atoms with van der Waals surface area (Å²) in [6.07, 6.45) is 3.88. The van der Waals surface area contributed by atoms with Gasteiger partial charge in [-0.15, -0.1) is 0 Å². The van der Waals surface area contributed by atoms with Crippen molar-refractivity contribution in [1.82, 2.24) is 5.32 Å². The minimum absolute atomic E-state index is 0.277. The molecule has 3 nitrogen and oxygen atoms in total. The third kappa shape index (κ3) is 2.81. The minimum Gasteiger partial charge on any atom is -0.364 e. The van der Waals surface area contributed by atoms with Gasteiger partial charge >= 0.3 is 0 Å². The highest BCUT2D eigenvalue weighted by Gasteiger charge is 2.16. The van der Waals surface area contributed by atoms with E-state index in [0.29, 0.717) is 0 Å². The van der Waals surface area contributed by atoms with Crippen LogP contribution in [0.1, 0.15) is 19.3 Å². The maximum atomic E-state index is 8.21. The van der Waals surface area contributed by atoms with E-state index in [9.17, 15) is 0 Å². The van der Waals surface area contributed by atoms with Crippen molar-refractivity contribution in [2.24, 2.45) is 5.92 Å². The molecule has 0 bridgehead atoms. The SMILES string of the molecule is N#CSC(=N)NCC1CCC1. The number of amidine groups is 1. The Morgan fingerprint density at radius 3 is 2.91 bits per heavy atom. The second-order valence-corrected chi connectivity index (χ2v) is 3.50. The van der Waals surface area contributed by atoms with Crippen LogP contribution in [-0.2, 0) is 0 Å². The third-order valence-corrected chi connectivity index (χ3v) is 2.36. The zero-order valence-electron chi connectivity index (χ0n) is 6.26. The van der Waals surface area contributed by atoms with Crippen molar-refractivity contribution in [3.63, 3.8) is 0 Å². The van der Waals surface area contributed by atoms with Crippen LogP contribution in [0, 0.1) is 22.0 Å². The summed E-state index contributed by atoms with van der Waals surface area (Å²) < 4.78 is 0. The summed E-state index contributed by atoms with van der Waals surface area (Å²) in [7, 11) is 0. The summed E-state index contributed by atoms with van der Waals surface area (Å²) >= 11 is 0.886. The fourth-order valence-electron chi connectivity index (χ4n) is 1.02. The van der Waals surface area contributed by atoms with E-state index in [4.69, 9.17) is 10.7 Å². The smallest absolute Gasteiger partial charge is 0.168 e. The molecule has 1 rings (SSSR count). The van der Waals surface area contributed by atoms with Crippen LogP contribution in [0.15, 0.2) is 0 Å². The number of hydrogen-bond acceptors (Lipinski definition) is 3. The molecule has 0 amide bonds. The molecule has 60 valence electrons. The lowest BCUT2D eigenvalue weighted by Crippen LogP contribution is -2.29. The van der Waals surface area contributed by atoms with Gasteiger partial charge in [-0.1, -0.05) is 6.42 Å². The number of rotatable bonds is 2. The third-order valence-electron chi connectivity index (χ3n) is 1.92. The zero-order valence-corrected chi connectivity index (χ0v) is 7.08. The maximum Gasteiger partial charge on any atom is 0.168 e. The molecule has 0 saturated heterocycles. The molecule has 0 radical (unpaired) electrons. The van der Waals surface area contributed by atoms with Crippen molar-refractivity contribution in [3.8, 4) is 5.40 Å². The second-order valence-electron chi connectivity index (χ2n) is 2.70. The summed E-state index contributed by atoms with van der Waals surface area (Å²) in [6, 6.07) is 0. The van der Waals surface area contributed by atoms with Gasteiger partial charge in [0.15, 0.2) is 5.17 Å². The molecule has 0 aromatic rings. The fourth-order valence-corrected chi connectivity index (χ4v) is 1.26. The van der Waals surface area contributed by atoms with Crippen molar-refractivity contribution >= 4 is 16.9 Å². The lowest BCUT2D eigenvalue weighted by molar-refractivity contribution is 0.316. The molecule has 0 spiro atoms. The van der Waals surface area contributed by atoms with Crippen molar-refractivity contribution in [2.75, 3.05) is 6.54 Å². The molecule has 1 fully saturated rings. The van der Waals surface area contributed by atoms with Crippen LogP contribution in [-0.4, -0.2) is 11.7 Å². The van der Waals surface area contributed by atoms with E-state index in [1.54, 1.807) is 0 Å². The van der Waals surface area contributed by atoms with Gasteiger partial charge in [0.1, 0.15) is 5.40 Å². The van der Waals surface area contributed by atoms with Gasteiger partial charge in [-0.25, -0.2) is 0 Å². The van der Waals surface area contributed by atoms with E-state index >= 15 is 0 Å². The first kappa shape index (κ1) is 8.41. The fraction of sp³-hybridized carbons (Fsp3) is 0.714. The number of hydrogen-bond donors (Lipinski definition) is 2. The first-order chi connectivity index (χ1) is 5.33. The summed E-state index contributed by atoms with van der Waals surface area (Å²) in [6.45, 7) is 0.869. The topological polar surface area (TPSA) is 59.7 Å². The van der Waals surface area contributed by atoms with Crippen molar-refractivity contribution in [2.45, 2.75) is 19.3 Å². The van der Waals surface area contributed by atoms with Gasteiger partial charge in [0.2, 0.25) is 0 Å². The first-order valence-corrected chi connectivity index (χ1v) is 4.53. The predicted octanol–water partition coefficient (Wildman–Crippen LogP) is 1.53. The van der Waals surface area contributed by atoms with E-state index in [2.05, 4.69) is 5.32 Å². The summed E-state index contributed by atoms with van der Waals surface area (Å²) in [5.74, 6) is 0.745. The standard InChI is InChI=1S/C7H11N3S/c8-5-11-7(9)10-4-6-2-1-3-6/h6H,1-4H2,(H2,9,10). The number of thioether (sulfide) groups is 1. The number of nitrogens with one attached hydrogen (secondary N) is 2. The van der Waals surface area contributed by atoms with E-state index in [1.807, 2.05) is 5.40 Å². The summed E-state index contributed by atoms with van der Waals surface area (Å²) in [5.41, 5.74) is 0. The normalized spacial score (nSPS) is 16.6. The van der Waals surface area contributed by atoms with Crippen LogP contribution in [0.5, 0.6) is 0 Å². The molecule has 11 heavy (non-hydrogen) atoms. The van der Waals surface area contributed by atoms with Crippen molar-refractivity contribution in [3.05, 3.63) is 0 Å². The Kier molecular flexibility index (Phi) is 3.24. The largest absolute Gasteiger partial charge is 0.364 e. The molecule has 1 saturated carbocycles. The molecule has 0 atom stereocenters. The molecule has 4 heteroatoms. The van der Waals surface area contributed by atoms with E-state index in [1.165, 1.54) is 19.3 Å². The van der Waals surface area contributed by atoms with Gasteiger partial charge < -0.3 is 5.32 Å². The highest BCUT2D eigenvalue weighted by molar-refractivity contribution is 8.17. The highest BCUT2D eigenvalue weighted by atomic mass is 32.2. The Morgan fingerprint density at radius 2 is 2.45 bits per heavy atom. The van der Waals surface area contributed by atoms with E-state index < -0.39 is 0 Å². The van der Waals surface area contributed by atoms with Gasteiger partial charge in [-0.3, -0.25) is 5.41 Å². The Hall–Kier alpha value is -0.690. The second kappa shape index (κ2) is 4.24. The van der Waals surface area contributed by atoms with E-state index in [-0.39, 0.29) is 5.17 Å². The van der Waals surface area contributed by atoms with Gasteiger partial charge in [0.05, 0.1) is 0 Å². The van der Waals surface area contributed by atoms with Crippen LogP contribution in [0.2, 0.25) is 0 Å². The molecule has 1 aliphatic carbocycles. The Labute approximate surface area is 70.7 Å². The first-order valence-electron chi connectivity index (χ1n) is 3.71. The van der Waals surface area contributed by atoms with Crippen LogP contribution in [0.25, 0.3) is 0 Å². The average molecular weight is 169 g/mol. The van der Waals surface area contributed by atoms with Crippen molar-refractivity contribution in [1.29, 1.82) is 10.7 Å². The van der Waals surface area contributed by atoms with Crippen LogP contribution in [0.4, 0.5) is 0 Å². The molecule has 2 N–H and O–H groups in total. The predicted molar refractivity (Wildman–Crippen MR) is 46.3 cm³/mol.